The minimum atomic E-state index is -3.80. The summed E-state index contributed by atoms with van der Waals surface area (Å²) in [6.07, 6.45) is 5.85. The molecule has 30 heavy (non-hydrogen) atoms. The maximum absolute atomic E-state index is 13.2. The largest absolute Gasteiger partial charge is 0.494 e. The zero-order valence-corrected chi connectivity index (χ0v) is 18.1. The summed E-state index contributed by atoms with van der Waals surface area (Å²) < 4.78 is 29.7. The van der Waals surface area contributed by atoms with Gasteiger partial charge < -0.3 is 5.11 Å². The molecule has 0 saturated heterocycles. The maximum Gasteiger partial charge on any atom is 0.333 e. The summed E-state index contributed by atoms with van der Waals surface area (Å²) in [6.45, 7) is 0. The van der Waals surface area contributed by atoms with Crippen LogP contribution in [0.1, 0.15) is 37.7 Å². The van der Waals surface area contributed by atoms with Gasteiger partial charge in [0.2, 0.25) is 15.9 Å². The van der Waals surface area contributed by atoms with Crippen molar-refractivity contribution in [1.29, 1.82) is 0 Å². The highest BCUT2D eigenvalue weighted by Crippen LogP contribution is 2.31. The molecule has 0 bridgehead atoms. The minimum absolute atomic E-state index is 0.0236. The van der Waals surface area contributed by atoms with E-state index in [2.05, 4.69) is 4.99 Å². The van der Waals surface area contributed by atoms with E-state index in [1.807, 2.05) is 0 Å². The Hall–Kier alpha value is -2.72. The fraction of sp³-hybridized carbons (Fsp3) is 0.450. The van der Waals surface area contributed by atoms with Crippen molar-refractivity contribution >= 4 is 21.9 Å². The van der Waals surface area contributed by atoms with Crippen LogP contribution < -0.4 is 11.2 Å². The number of benzene rings is 1. The first-order valence-corrected chi connectivity index (χ1v) is 11.2. The highest BCUT2D eigenvalue weighted by Gasteiger charge is 2.30. The van der Waals surface area contributed by atoms with Gasteiger partial charge in [-0.3, -0.25) is 18.9 Å². The lowest BCUT2D eigenvalue weighted by atomic mass is 9.96. The lowest BCUT2D eigenvalue weighted by Crippen LogP contribution is -2.38. The Bertz CT molecular complexity index is 1190. The number of hydrogen-bond acceptors (Lipinski definition) is 6. The third kappa shape index (κ3) is 3.97. The van der Waals surface area contributed by atoms with Gasteiger partial charge in [-0.1, -0.05) is 31.4 Å². The highest BCUT2D eigenvalue weighted by atomic mass is 32.2. The maximum atomic E-state index is 13.2. The van der Waals surface area contributed by atoms with Crippen molar-refractivity contribution in [1.82, 2.24) is 13.4 Å². The van der Waals surface area contributed by atoms with Gasteiger partial charge in [0, 0.05) is 33.4 Å². The van der Waals surface area contributed by atoms with E-state index in [0.717, 1.165) is 47.5 Å². The van der Waals surface area contributed by atoms with Crippen LogP contribution in [-0.4, -0.2) is 46.3 Å². The van der Waals surface area contributed by atoms with E-state index in [9.17, 15) is 23.1 Å². The van der Waals surface area contributed by atoms with Crippen molar-refractivity contribution in [2.45, 2.75) is 43.0 Å². The first-order chi connectivity index (χ1) is 14.2. The van der Waals surface area contributed by atoms with E-state index in [-0.39, 0.29) is 22.2 Å². The number of aliphatic imine (C=N–C) groups is 1. The van der Waals surface area contributed by atoms with Crippen LogP contribution in [0.4, 0.5) is 5.69 Å². The zero-order valence-electron chi connectivity index (χ0n) is 17.3. The molecule has 2 aromatic rings. The molecule has 0 amide bonds. The number of para-hydroxylation sites is 1. The molecule has 0 aliphatic heterocycles. The van der Waals surface area contributed by atoms with Crippen molar-refractivity contribution in [3.8, 4) is 5.88 Å². The van der Waals surface area contributed by atoms with E-state index in [0.29, 0.717) is 0 Å². The average Bonchev–Trinajstić information content (AvgIpc) is 2.76. The van der Waals surface area contributed by atoms with Crippen LogP contribution in [0.3, 0.4) is 0 Å². The van der Waals surface area contributed by atoms with Gasteiger partial charge in [0.05, 0.1) is 5.69 Å². The molecular weight excluding hydrogens is 408 g/mol. The van der Waals surface area contributed by atoms with Gasteiger partial charge in [-0.05, 0) is 25.0 Å². The summed E-state index contributed by atoms with van der Waals surface area (Å²) in [6, 6.07) is 6.21. The third-order valence-corrected chi connectivity index (χ3v) is 7.57. The molecule has 1 heterocycles. The summed E-state index contributed by atoms with van der Waals surface area (Å²) in [5, 5.41) is 10.2. The topological polar surface area (TPSA) is 114 Å². The van der Waals surface area contributed by atoms with Crippen LogP contribution in [-0.2, 0) is 24.1 Å². The molecule has 0 atom stereocenters. The van der Waals surface area contributed by atoms with Crippen molar-refractivity contribution < 1.29 is 13.5 Å². The van der Waals surface area contributed by atoms with Crippen LogP contribution in [0.25, 0.3) is 0 Å². The van der Waals surface area contributed by atoms with Crippen LogP contribution >= 0.6 is 0 Å². The molecule has 1 saturated carbocycles. The van der Waals surface area contributed by atoms with Crippen LogP contribution in [0.15, 0.2) is 43.7 Å². The van der Waals surface area contributed by atoms with Gasteiger partial charge in [-0.15, -0.1) is 0 Å². The smallest absolute Gasteiger partial charge is 0.333 e. The molecule has 1 aromatic heterocycles. The third-order valence-electron chi connectivity index (χ3n) is 5.61. The Labute approximate surface area is 175 Å². The average molecular weight is 435 g/mol. The van der Waals surface area contributed by atoms with E-state index >= 15 is 0 Å². The van der Waals surface area contributed by atoms with Crippen molar-refractivity contribution in [2.24, 2.45) is 19.1 Å². The summed E-state index contributed by atoms with van der Waals surface area (Å²) in [5.41, 5.74) is -1.45. The molecule has 0 spiro atoms. The summed E-state index contributed by atoms with van der Waals surface area (Å²) >= 11 is 0. The predicted molar refractivity (Wildman–Crippen MR) is 114 cm³/mol. The number of nitrogens with zero attached hydrogens (tertiary/aromatic N) is 4. The Balaban J connectivity index is 2.03. The number of rotatable bonds is 5. The summed E-state index contributed by atoms with van der Waals surface area (Å²) in [5.74, 6) is -0.536. The number of aromatic nitrogens is 2. The minimum Gasteiger partial charge on any atom is -0.494 e. The normalized spacial score (nSPS) is 15.9. The highest BCUT2D eigenvalue weighted by molar-refractivity contribution is 7.89. The van der Waals surface area contributed by atoms with Gasteiger partial charge in [0.15, 0.2) is 0 Å². The van der Waals surface area contributed by atoms with Gasteiger partial charge >= 0.3 is 5.69 Å². The molecule has 1 aromatic carbocycles. The van der Waals surface area contributed by atoms with Gasteiger partial charge in [-0.25, -0.2) is 13.2 Å². The molecular formula is C20H26N4O5S. The van der Waals surface area contributed by atoms with Crippen molar-refractivity contribution in [2.75, 3.05) is 7.05 Å². The lowest BCUT2D eigenvalue weighted by Gasteiger charge is -2.30. The molecule has 10 heteroatoms. The van der Waals surface area contributed by atoms with Gasteiger partial charge in [0.25, 0.3) is 5.56 Å². The first kappa shape index (κ1) is 22.0. The Morgan fingerprint density at radius 2 is 1.73 bits per heavy atom. The molecule has 1 N–H and O–H groups in total. The van der Waals surface area contributed by atoms with Crippen LogP contribution in [0.5, 0.6) is 5.88 Å². The van der Waals surface area contributed by atoms with Crippen molar-refractivity contribution in [3.63, 3.8) is 0 Å². The summed E-state index contributed by atoms with van der Waals surface area (Å²) in [4.78, 5) is 28.4. The summed E-state index contributed by atoms with van der Waals surface area (Å²) in [7, 11) is 0.401. The molecule has 162 valence electrons. The molecule has 1 fully saturated rings. The fourth-order valence-electron chi connectivity index (χ4n) is 3.68. The molecule has 1 aliphatic rings. The Morgan fingerprint density at radius 3 is 2.40 bits per heavy atom. The second kappa shape index (κ2) is 8.57. The standard InChI is InChI=1S/C20H26N4O5S/c1-22-18(25)15(19(26)23(2)20(22)27)13-21-16-11-7-8-12-17(16)30(28,29)24(3)14-9-5-4-6-10-14/h7-8,11-14,25H,4-6,9-10H2,1-3H3. The molecule has 0 unspecified atom stereocenters. The second-order valence-corrected chi connectivity index (χ2v) is 9.45. The van der Waals surface area contributed by atoms with Gasteiger partial charge in [0.1, 0.15) is 10.5 Å². The number of sulfonamides is 1. The van der Waals surface area contributed by atoms with E-state index in [1.165, 1.54) is 30.5 Å². The van der Waals surface area contributed by atoms with E-state index < -0.39 is 27.2 Å². The Morgan fingerprint density at radius 1 is 1.10 bits per heavy atom. The monoisotopic (exact) mass is 434 g/mol. The van der Waals surface area contributed by atoms with Crippen molar-refractivity contribution in [3.05, 3.63) is 50.7 Å². The van der Waals surface area contributed by atoms with E-state index in [4.69, 9.17) is 0 Å². The predicted octanol–water partition coefficient (Wildman–Crippen LogP) is 1.49. The second-order valence-electron chi connectivity index (χ2n) is 7.48. The number of aromatic hydroxyl groups is 1. The van der Waals surface area contributed by atoms with Crippen LogP contribution in [0, 0.1) is 0 Å². The van der Waals surface area contributed by atoms with Gasteiger partial charge in [-0.2, -0.15) is 4.31 Å². The van der Waals surface area contributed by atoms with E-state index in [1.54, 1.807) is 19.2 Å². The van der Waals surface area contributed by atoms with Crippen LogP contribution in [0.2, 0.25) is 0 Å². The number of hydrogen-bond donors (Lipinski definition) is 1. The first-order valence-electron chi connectivity index (χ1n) is 9.76. The molecule has 0 radical (unpaired) electrons. The lowest BCUT2D eigenvalue weighted by molar-refractivity contribution is 0.286. The fourth-order valence-corrected chi connectivity index (χ4v) is 5.23. The molecule has 3 rings (SSSR count). The molecule has 1 aliphatic carbocycles. The molecule has 9 nitrogen and oxygen atoms in total. The quantitative estimate of drug-likeness (QED) is 0.716. The zero-order chi connectivity index (χ0) is 22.1. The Kier molecular flexibility index (Phi) is 6.27. The SMILES string of the molecule is CN(C1CCCCC1)S(=O)(=O)c1ccccc1N=Cc1c(O)n(C)c(=O)n(C)c1=O.